The van der Waals surface area contributed by atoms with Crippen molar-refractivity contribution in [3.05, 3.63) is 94.5 Å². The van der Waals surface area contributed by atoms with Crippen molar-refractivity contribution >= 4 is 39.1 Å². The molecule has 0 aliphatic heterocycles. The van der Waals surface area contributed by atoms with Gasteiger partial charge in [0.05, 0.1) is 19.1 Å². The number of sulfonamides is 1. The Morgan fingerprint density at radius 3 is 2.17 bits per heavy atom. The van der Waals surface area contributed by atoms with Crippen molar-refractivity contribution < 1.29 is 22.7 Å². The van der Waals surface area contributed by atoms with Gasteiger partial charge < -0.3 is 15.0 Å². The summed E-state index contributed by atoms with van der Waals surface area (Å²) in [5, 5.41) is 3.54. The Bertz CT molecular complexity index is 1460. The third kappa shape index (κ3) is 9.23. The number of ether oxygens (including phenoxy) is 1. The molecule has 0 bridgehead atoms. The van der Waals surface area contributed by atoms with Gasteiger partial charge in [0.15, 0.2) is 0 Å². The quantitative estimate of drug-likeness (QED) is 0.335. The van der Waals surface area contributed by atoms with E-state index >= 15 is 0 Å². The number of benzene rings is 3. The highest BCUT2D eigenvalue weighted by molar-refractivity contribution is 7.92. The van der Waals surface area contributed by atoms with E-state index in [0.717, 1.165) is 27.3 Å². The average Bonchev–Trinajstić information content (AvgIpc) is 2.89. The fourth-order valence-corrected chi connectivity index (χ4v) is 5.35. The molecule has 0 aliphatic carbocycles. The van der Waals surface area contributed by atoms with Crippen LogP contribution in [-0.4, -0.2) is 56.6 Å². The number of hydrogen-bond donors (Lipinski definition) is 1. The highest BCUT2D eigenvalue weighted by atomic mass is 35.5. The van der Waals surface area contributed by atoms with Crippen molar-refractivity contribution in [2.45, 2.75) is 52.2 Å². The standard InChI is InChI=1S/C31H38ClN3O5S/c1-22-12-17-28(40-5)26(18-22)35(41(6,38)39)21-29(36)34(20-24-13-15-25(32)16-14-24)27(30(37)33-31(2,3)4)19-23-10-8-7-9-11-23/h7-18,27H,19-21H2,1-6H3,(H,33,37). The van der Waals surface area contributed by atoms with E-state index in [9.17, 15) is 18.0 Å². The first-order valence-corrected chi connectivity index (χ1v) is 15.4. The van der Waals surface area contributed by atoms with E-state index in [1.807, 2.05) is 58.0 Å². The predicted molar refractivity (Wildman–Crippen MR) is 164 cm³/mol. The molecule has 1 atom stereocenters. The summed E-state index contributed by atoms with van der Waals surface area (Å²) in [7, 11) is -2.48. The van der Waals surface area contributed by atoms with Gasteiger partial charge >= 0.3 is 0 Å². The van der Waals surface area contributed by atoms with Crippen LogP contribution in [0, 0.1) is 6.92 Å². The summed E-state index contributed by atoms with van der Waals surface area (Å²) in [4.78, 5) is 29.4. The second-order valence-corrected chi connectivity index (χ2v) is 13.4. The highest BCUT2D eigenvalue weighted by Crippen LogP contribution is 2.31. The van der Waals surface area contributed by atoms with Crippen LogP contribution < -0.4 is 14.4 Å². The van der Waals surface area contributed by atoms with Gasteiger partial charge in [0.1, 0.15) is 18.3 Å². The van der Waals surface area contributed by atoms with Gasteiger partial charge in [-0.2, -0.15) is 0 Å². The molecule has 0 radical (unpaired) electrons. The lowest BCUT2D eigenvalue weighted by Crippen LogP contribution is -2.56. The average molecular weight is 600 g/mol. The fraction of sp³-hybridized carbons (Fsp3) is 0.355. The van der Waals surface area contributed by atoms with Gasteiger partial charge in [-0.15, -0.1) is 0 Å². The van der Waals surface area contributed by atoms with Gasteiger partial charge in [0.25, 0.3) is 0 Å². The first kappa shape index (κ1) is 32.0. The number of nitrogens with zero attached hydrogens (tertiary/aromatic N) is 2. The predicted octanol–water partition coefficient (Wildman–Crippen LogP) is 4.98. The fourth-order valence-electron chi connectivity index (χ4n) is 4.38. The molecule has 3 aromatic carbocycles. The molecule has 3 aromatic rings. The van der Waals surface area contributed by atoms with Crippen LogP contribution in [0.2, 0.25) is 5.02 Å². The molecule has 1 unspecified atom stereocenters. The van der Waals surface area contributed by atoms with Crippen LogP contribution in [0.3, 0.4) is 0 Å². The number of amides is 2. The van der Waals surface area contributed by atoms with E-state index in [0.29, 0.717) is 10.8 Å². The molecular weight excluding hydrogens is 562 g/mol. The van der Waals surface area contributed by atoms with Gasteiger partial charge in [-0.25, -0.2) is 8.42 Å². The Labute approximate surface area is 248 Å². The van der Waals surface area contributed by atoms with Crippen LogP contribution in [0.1, 0.15) is 37.5 Å². The molecule has 0 fully saturated rings. The van der Waals surface area contributed by atoms with E-state index in [4.69, 9.17) is 16.3 Å². The summed E-state index contributed by atoms with van der Waals surface area (Å²) < 4.78 is 32.6. The van der Waals surface area contributed by atoms with Crippen LogP contribution in [0.25, 0.3) is 0 Å². The van der Waals surface area contributed by atoms with Gasteiger partial charge in [-0.1, -0.05) is 60.1 Å². The molecular formula is C31H38ClN3O5S. The zero-order valence-electron chi connectivity index (χ0n) is 24.3. The Kier molecular flexibility index (Phi) is 10.4. The number of hydrogen-bond acceptors (Lipinski definition) is 5. The Hall–Kier alpha value is -3.56. The van der Waals surface area contributed by atoms with Crippen molar-refractivity contribution in [1.29, 1.82) is 0 Å². The SMILES string of the molecule is COc1ccc(C)cc1N(CC(=O)N(Cc1ccc(Cl)cc1)C(Cc1ccccc1)C(=O)NC(C)(C)C)S(C)(=O)=O. The summed E-state index contributed by atoms with van der Waals surface area (Å²) >= 11 is 6.10. The monoisotopic (exact) mass is 599 g/mol. The Balaban J connectivity index is 2.11. The lowest BCUT2D eigenvalue weighted by atomic mass is 10.0. The largest absolute Gasteiger partial charge is 0.495 e. The second-order valence-electron chi connectivity index (χ2n) is 11.0. The van der Waals surface area contributed by atoms with Crippen LogP contribution in [0.5, 0.6) is 5.75 Å². The van der Waals surface area contributed by atoms with Gasteiger partial charge in [-0.05, 0) is 68.7 Å². The molecule has 220 valence electrons. The van der Waals surface area contributed by atoms with Crippen molar-refractivity contribution in [3.63, 3.8) is 0 Å². The first-order valence-electron chi connectivity index (χ1n) is 13.2. The zero-order chi connectivity index (χ0) is 30.4. The van der Waals surface area contributed by atoms with Crippen molar-refractivity contribution in [1.82, 2.24) is 10.2 Å². The number of carbonyl (C=O) groups is 2. The van der Waals surface area contributed by atoms with Crippen LogP contribution >= 0.6 is 11.6 Å². The topological polar surface area (TPSA) is 96.0 Å². The molecule has 8 nitrogen and oxygen atoms in total. The zero-order valence-corrected chi connectivity index (χ0v) is 25.9. The maximum atomic E-state index is 14.2. The molecule has 0 heterocycles. The van der Waals surface area contributed by atoms with E-state index in [-0.39, 0.29) is 24.6 Å². The minimum atomic E-state index is -3.92. The van der Waals surface area contributed by atoms with E-state index in [1.54, 1.807) is 42.5 Å². The lowest BCUT2D eigenvalue weighted by Gasteiger charge is -2.35. The number of rotatable bonds is 11. The number of halogens is 1. The van der Waals surface area contributed by atoms with Crippen LogP contribution in [0.15, 0.2) is 72.8 Å². The molecule has 0 aliphatic rings. The van der Waals surface area contributed by atoms with Crippen molar-refractivity contribution in [3.8, 4) is 5.75 Å². The third-order valence-corrected chi connectivity index (χ3v) is 7.70. The molecule has 2 amide bonds. The smallest absolute Gasteiger partial charge is 0.244 e. The molecule has 0 aromatic heterocycles. The summed E-state index contributed by atoms with van der Waals surface area (Å²) in [5.74, 6) is -0.578. The molecule has 10 heteroatoms. The first-order chi connectivity index (χ1) is 19.2. The summed E-state index contributed by atoms with van der Waals surface area (Å²) in [6.07, 6.45) is 1.27. The van der Waals surface area contributed by atoms with E-state index < -0.39 is 34.1 Å². The number of aryl methyl sites for hydroxylation is 1. The second kappa shape index (κ2) is 13.4. The molecule has 0 saturated heterocycles. The maximum absolute atomic E-state index is 14.2. The summed E-state index contributed by atoms with van der Waals surface area (Å²) in [5.41, 5.74) is 2.08. The molecule has 3 rings (SSSR count). The van der Waals surface area contributed by atoms with Gasteiger partial charge in [0.2, 0.25) is 21.8 Å². The van der Waals surface area contributed by atoms with Crippen LogP contribution in [0.4, 0.5) is 5.69 Å². The number of methoxy groups -OCH3 is 1. The molecule has 0 saturated carbocycles. The van der Waals surface area contributed by atoms with Crippen molar-refractivity contribution in [2.24, 2.45) is 0 Å². The van der Waals surface area contributed by atoms with E-state index in [1.165, 1.54) is 12.0 Å². The maximum Gasteiger partial charge on any atom is 0.244 e. The normalized spacial score (nSPS) is 12.4. The Morgan fingerprint density at radius 2 is 1.61 bits per heavy atom. The molecule has 41 heavy (non-hydrogen) atoms. The van der Waals surface area contributed by atoms with E-state index in [2.05, 4.69) is 5.32 Å². The number of carbonyl (C=O) groups excluding carboxylic acids is 2. The number of nitrogens with one attached hydrogen (secondary N) is 1. The third-order valence-electron chi connectivity index (χ3n) is 6.32. The summed E-state index contributed by atoms with van der Waals surface area (Å²) in [6, 6.07) is 20.6. The van der Waals surface area contributed by atoms with Gasteiger partial charge in [-0.3, -0.25) is 13.9 Å². The minimum absolute atomic E-state index is 0.0631. The van der Waals surface area contributed by atoms with Crippen molar-refractivity contribution in [2.75, 3.05) is 24.2 Å². The molecule has 0 spiro atoms. The lowest BCUT2D eigenvalue weighted by molar-refractivity contribution is -0.140. The van der Waals surface area contributed by atoms with Crippen LogP contribution in [-0.2, 0) is 32.6 Å². The Morgan fingerprint density at radius 1 is 0.976 bits per heavy atom. The number of anilines is 1. The molecule has 1 N–H and O–H groups in total. The highest BCUT2D eigenvalue weighted by Gasteiger charge is 2.35. The minimum Gasteiger partial charge on any atom is -0.495 e. The summed E-state index contributed by atoms with van der Waals surface area (Å²) in [6.45, 7) is 6.96. The van der Waals surface area contributed by atoms with Gasteiger partial charge in [0, 0.05) is 23.5 Å².